The van der Waals surface area contributed by atoms with E-state index < -0.39 is 0 Å². The quantitative estimate of drug-likeness (QED) is 0.639. The molecular weight excluding hydrogens is 252 g/mol. The second-order valence-electron chi connectivity index (χ2n) is 5.21. The third-order valence-corrected chi connectivity index (χ3v) is 3.47. The number of likely N-dealkylation sites (N-methyl/N-ethyl adjacent to an activating group) is 1. The summed E-state index contributed by atoms with van der Waals surface area (Å²) in [6, 6.07) is 2.72. The number of rotatable bonds is 9. The molecule has 6 heteroatoms. The van der Waals surface area contributed by atoms with Crippen LogP contribution in [0, 0.1) is 0 Å². The molecule has 0 amide bonds. The lowest BCUT2D eigenvalue weighted by Gasteiger charge is -2.20. The third kappa shape index (κ3) is 4.52. The van der Waals surface area contributed by atoms with E-state index in [-0.39, 0.29) is 0 Å². The van der Waals surface area contributed by atoms with Crippen LogP contribution in [-0.2, 0) is 0 Å². The number of hydrogen-bond acceptors (Lipinski definition) is 6. The first-order valence-corrected chi connectivity index (χ1v) is 7.59. The molecule has 1 aliphatic carbocycles. The largest absolute Gasteiger partial charge is 0.370 e. The Bertz CT molecular complexity index is 418. The van der Waals surface area contributed by atoms with Crippen LogP contribution < -0.4 is 16.4 Å². The van der Waals surface area contributed by atoms with Crippen molar-refractivity contribution in [2.24, 2.45) is 0 Å². The van der Waals surface area contributed by atoms with E-state index in [2.05, 4.69) is 39.3 Å². The highest BCUT2D eigenvalue weighted by Gasteiger charge is 2.27. The van der Waals surface area contributed by atoms with Crippen molar-refractivity contribution in [2.45, 2.75) is 39.2 Å². The summed E-state index contributed by atoms with van der Waals surface area (Å²) in [5.74, 6) is 1.89. The minimum atomic E-state index is 0.308. The zero-order valence-corrected chi connectivity index (χ0v) is 12.5. The second kappa shape index (κ2) is 7.28. The molecule has 1 fully saturated rings. The van der Waals surface area contributed by atoms with Gasteiger partial charge in [-0.25, -0.2) is 0 Å². The molecule has 112 valence electrons. The van der Waals surface area contributed by atoms with Crippen LogP contribution in [0.15, 0.2) is 6.07 Å². The van der Waals surface area contributed by atoms with Crippen LogP contribution in [0.4, 0.5) is 17.6 Å². The standard InChI is InChI=1S/C14H26N6/c1-3-7-16-12-10-13(19-14(15)18-12)17-8-9-20(4-2)11-5-6-11/h10-11H,3-9H2,1-2H3,(H4,15,16,17,18,19). The molecule has 1 aliphatic rings. The van der Waals surface area contributed by atoms with Crippen molar-refractivity contribution in [1.29, 1.82) is 0 Å². The Hall–Kier alpha value is -1.56. The summed E-state index contributed by atoms with van der Waals surface area (Å²) in [6.45, 7) is 8.27. The van der Waals surface area contributed by atoms with E-state index in [0.717, 1.165) is 50.3 Å². The maximum absolute atomic E-state index is 5.73. The number of nitrogens with one attached hydrogen (secondary N) is 2. The van der Waals surface area contributed by atoms with Gasteiger partial charge >= 0.3 is 0 Å². The maximum atomic E-state index is 5.73. The Morgan fingerprint density at radius 3 is 2.40 bits per heavy atom. The number of nitrogens with zero attached hydrogens (tertiary/aromatic N) is 3. The average molecular weight is 278 g/mol. The Balaban J connectivity index is 1.83. The van der Waals surface area contributed by atoms with Crippen LogP contribution in [0.25, 0.3) is 0 Å². The average Bonchev–Trinajstić information content (AvgIpc) is 3.25. The van der Waals surface area contributed by atoms with Gasteiger partial charge in [0, 0.05) is 31.7 Å². The van der Waals surface area contributed by atoms with Crippen LogP contribution >= 0.6 is 0 Å². The molecule has 1 aromatic rings. The van der Waals surface area contributed by atoms with E-state index in [0.29, 0.717) is 5.95 Å². The van der Waals surface area contributed by atoms with Crippen molar-refractivity contribution in [3.8, 4) is 0 Å². The Labute approximate surface area is 121 Å². The minimum absolute atomic E-state index is 0.308. The van der Waals surface area contributed by atoms with Crippen LogP contribution in [0.2, 0.25) is 0 Å². The highest BCUT2D eigenvalue weighted by molar-refractivity contribution is 5.50. The number of aromatic nitrogens is 2. The normalized spacial score (nSPS) is 14.6. The van der Waals surface area contributed by atoms with E-state index in [4.69, 9.17) is 5.73 Å². The maximum Gasteiger partial charge on any atom is 0.223 e. The van der Waals surface area contributed by atoms with Crippen LogP contribution in [-0.4, -0.2) is 47.1 Å². The van der Waals surface area contributed by atoms with Gasteiger partial charge in [-0.15, -0.1) is 0 Å². The van der Waals surface area contributed by atoms with E-state index in [1.807, 2.05) is 6.07 Å². The summed E-state index contributed by atoms with van der Waals surface area (Å²) in [7, 11) is 0. The van der Waals surface area contributed by atoms with Gasteiger partial charge in [-0.1, -0.05) is 13.8 Å². The molecule has 1 aromatic heterocycles. The fourth-order valence-electron chi connectivity index (χ4n) is 2.27. The molecule has 0 aliphatic heterocycles. The SMILES string of the molecule is CCCNc1cc(NCCN(CC)C2CC2)nc(N)n1. The molecule has 4 N–H and O–H groups in total. The summed E-state index contributed by atoms with van der Waals surface area (Å²) in [5.41, 5.74) is 5.73. The highest BCUT2D eigenvalue weighted by Crippen LogP contribution is 2.26. The molecule has 20 heavy (non-hydrogen) atoms. The summed E-state index contributed by atoms with van der Waals surface area (Å²) in [4.78, 5) is 10.9. The molecule has 0 unspecified atom stereocenters. The third-order valence-electron chi connectivity index (χ3n) is 3.47. The van der Waals surface area contributed by atoms with Gasteiger partial charge in [0.15, 0.2) is 0 Å². The smallest absolute Gasteiger partial charge is 0.223 e. The summed E-state index contributed by atoms with van der Waals surface area (Å²) in [6.07, 6.45) is 3.75. The van der Waals surface area contributed by atoms with Crippen molar-refractivity contribution < 1.29 is 0 Å². The van der Waals surface area contributed by atoms with E-state index in [9.17, 15) is 0 Å². The molecule has 0 spiro atoms. The van der Waals surface area contributed by atoms with Gasteiger partial charge in [0.2, 0.25) is 5.95 Å². The monoisotopic (exact) mass is 278 g/mol. The molecular formula is C14H26N6. The van der Waals surface area contributed by atoms with E-state index >= 15 is 0 Å². The number of hydrogen-bond donors (Lipinski definition) is 3. The molecule has 2 rings (SSSR count). The fraction of sp³-hybridized carbons (Fsp3) is 0.714. The Kier molecular flexibility index (Phi) is 5.40. The van der Waals surface area contributed by atoms with Gasteiger partial charge in [0.1, 0.15) is 11.6 Å². The zero-order valence-electron chi connectivity index (χ0n) is 12.5. The molecule has 0 saturated heterocycles. The first kappa shape index (κ1) is 14.8. The van der Waals surface area contributed by atoms with Crippen LogP contribution in [0.3, 0.4) is 0 Å². The van der Waals surface area contributed by atoms with Gasteiger partial charge in [-0.05, 0) is 25.8 Å². The van der Waals surface area contributed by atoms with Crippen molar-refractivity contribution >= 4 is 17.6 Å². The van der Waals surface area contributed by atoms with Crippen molar-refractivity contribution in [3.05, 3.63) is 6.07 Å². The van der Waals surface area contributed by atoms with Crippen LogP contribution in [0.5, 0.6) is 0 Å². The number of nitrogen functional groups attached to an aromatic ring is 1. The van der Waals surface area contributed by atoms with Crippen molar-refractivity contribution in [2.75, 3.05) is 42.5 Å². The predicted octanol–water partition coefficient (Wildman–Crippen LogP) is 1.78. The summed E-state index contributed by atoms with van der Waals surface area (Å²) < 4.78 is 0. The van der Waals surface area contributed by atoms with Gasteiger partial charge in [-0.2, -0.15) is 9.97 Å². The second-order valence-corrected chi connectivity index (χ2v) is 5.21. The minimum Gasteiger partial charge on any atom is -0.370 e. The molecule has 0 radical (unpaired) electrons. The first-order valence-electron chi connectivity index (χ1n) is 7.59. The lowest BCUT2D eigenvalue weighted by molar-refractivity contribution is 0.289. The lowest BCUT2D eigenvalue weighted by atomic mass is 10.4. The van der Waals surface area contributed by atoms with Gasteiger partial charge in [-0.3, -0.25) is 4.90 Å². The van der Waals surface area contributed by atoms with Crippen molar-refractivity contribution in [3.63, 3.8) is 0 Å². The molecule has 0 atom stereocenters. The topological polar surface area (TPSA) is 79.1 Å². The van der Waals surface area contributed by atoms with Crippen molar-refractivity contribution in [1.82, 2.24) is 14.9 Å². The van der Waals surface area contributed by atoms with Gasteiger partial charge in [0.25, 0.3) is 0 Å². The predicted molar refractivity (Wildman–Crippen MR) is 84.0 cm³/mol. The Morgan fingerprint density at radius 1 is 1.20 bits per heavy atom. The molecule has 0 aromatic carbocycles. The van der Waals surface area contributed by atoms with Crippen LogP contribution in [0.1, 0.15) is 33.1 Å². The van der Waals surface area contributed by atoms with Gasteiger partial charge in [0.05, 0.1) is 0 Å². The summed E-state index contributed by atoms with van der Waals surface area (Å²) >= 11 is 0. The van der Waals surface area contributed by atoms with E-state index in [1.54, 1.807) is 0 Å². The molecule has 1 saturated carbocycles. The summed E-state index contributed by atoms with van der Waals surface area (Å²) in [5, 5.41) is 6.57. The molecule has 0 bridgehead atoms. The number of anilines is 3. The Morgan fingerprint density at radius 2 is 1.85 bits per heavy atom. The lowest BCUT2D eigenvalue weighted by Crippen LogP contribution is -2.31. The zero-order chi connectivity index (χ0) is 14.4. The number of nitrogens with two attached hydrogens (primary N) is 1. The fourth-order valence-corrected chi connectivity index (χ4v) is 2.27. The van der Waals surface area contributed by atoms with E-state index in [1.165, 1.54) is 12.8 Å². The highest BCUT2D eigenvalue weighted by atomic mass is 15.2. The molecule has 6 nitrogen and oxygen atoms in total. The first-order chi connectivity index (χ1) is 9.72. The molecule has 1 heterocycles. The van der Waals surface area contributed by atoms with Gasteiger partial charge < -0.3 is 16.4 Å².